The molecule has 0 spiro atoms. The van der Waals surface area contributed by atoms with E-state index in [9.17, 15) is 0 Å². The Bertz CT molecular complexity index is 603. The summed E-state index contributed by atoms with van der Waals surface area (Å²) in [6, 6.07) is 12.9. The third-order valence-electron chi connectivity index (χ3n) is 3.81. The van der Waals surface area contributed by atoms with Gasteiger partial charge in [0, 0.05) is 36.5 Å². The van der Waals surface area contributed by atoms with Crippen LogP contribution in [-0.4, -0.2) is 28.7 Å². The van der Waals surface area contributed by atoms with E-state index in [0.717, 1.165) is 24.5 Å². The first-order chi connectivity index (χ1) is 10.3. The molecule has 0 aliphatic carbocycles. The van der Waals surface area contributed by atoms with Gasteiger partial charge in [-0.2, -0.15) is 0 Å². The first-order valence-electron chi connectivity index (χ1n) is 7.28. The molecule has 0 bridgehead atoms. The molecule has 3 rings (SSSR count). The van der Waals surface area contributed by atoms with Crippen molar-refractivity contribution in [1.82, 2.24) is 9.88 Å². The van der Waals surface area contributed by atoms with Crippen LogP contribution in [0.5, 0.6) is 0 Å². The highest BCUT2D eigenvalue weighted by Crippen LogP contribution is 2.21. The minimum Gasteiger partial charge on any atom is -0.298 e. The lowest BCUT2D eigenvalue weighted by molar-refractivity contribution is 0.270. The second-order valence-corrected chi connectivity index (χ2v) is 6.70. The molecule has 2 heterocycles. The highest BCUT2D eigenvalue weighted by molar-refractivity contribution is 7.99. The number of nitrogens with zero attached hydrogens (tertiary/aromatic N) is 2. The fourth-order valence-corrected chi connectivity index (χ4v) is 3.76. The van der Waals surface area contributed by atoms with E-state index in [2.05, 4.69) is 46.3 Å². The Labute approximate surface area is 135 Å². The van der Waals surface area contributed by atoms with Gasteiger partial charge in [-0.05, 0) is 29.7 Å². The van der Waals surface area contributed by atoms with Crippen LogP contribution < -0.4 is 0 Å². The third kappa shape index (κ3) is 4.00. The molecule has 4 heteroatoms. The summed E-state index contributed by atoms with van der Waals surface area (Å²) >= 11 is 7.71. The van der Waals surface area contributed by atoms with Crippen molar-refractivity contribution in [3.63, 3.8) is 0 Å². The van der Waals surface area contributed by atoms with E-state index in [4.69, 9.17) is 11.6 Å². The average Bonchev–Trinajstić information content (AvgIpc) is 2.55. The van der Waals surface area contributed by atoms with Gasteiger partial charge in [0.05, 0.1) is 11.6 Å². The molecule has 1 aliphatic rings. The van der Waals surface area contributed by atoms with Gasteiger partial charge in [-0.1, -0.05) is 24.3 Å². The van der Waals surface area contributed by atoms with Crippen LogP contribution in [-0.2, 0) is 18.8 Å². The van der Waals surface area contributed by atoms with E-state index < -0.39 is 0 Å². The average molecular weight is 319 g/mol. The number of halogens is 1. The van der Waals surface area contributed by atoms with Crippen LogP contribution in [0.1, 0.15) is 16.8 Å². The number of pyridine rings is 1. The van der Waals surface area contributed by atoms with Crippen LogP contribution in [0.3, 0.4) is 0 Å². The second kappa shape index (κ2) is 7.30. The number of fused-ring (bicyclic) bond motifs is 1. The highest BCUT2D eigenvalue weighted by atomic mass is 35.5. The summed E-state index contributed by atoms with van der Waals surface area (Å²) in [7, 11) is 0. The number of alkyl halides is 1. The normalized spacial score (nSPS) is 14.9. The minimum atomic E-state index is 0.483. The Kier molecular flexibility index (Phi) is 5.17. The molecule has 0 unspecified atom stereocenters. The molecular formula is C17H19ClN2S. The summed E-state index contributed by atoms with van der Waals surface area (Å²) in [5.74, 6) is 1.59. The van der Waals surface area contributed by atoms with E-state index in [-0.39, 0.29) is 0 Å². The maximum absolute atomic E-state index is 5.82. The number of hydrogen-bond acceptors (Lipinski definition) is 3. The van der Waals surface area contributed by atoms with Crippen molar-refractivity contribution < 1.29 is 0 Å². The monoisotopic (exact) mass is 318 g/mol. The topological polar surface area (TPSA) is 16.1 Å². The smallest absolute Gasteiger partial charge is 0.0647 e. The van der Waals surface area contributed by atoms with Gasteiger partial charge in [-0.15, -0.1) is 23.4 Å². The maximum atomic E-state index is 5.82. The lowest BCUT2D eigenvalue weighted by atomic mass is 10.0. The zero-order valence-corrected chi connectivity index (χ0v) is 13.5. The van der Waals surface area contributed by atoms with Gasteiger partial charge in [0.2, 0.25) is 0 Å². The Balaban J connectivity index is 1.50. The van der Waals surface area contributed by atoms with E-state index >= 15 is 0 Å². The molecule has 0 atom stereocenters. The quantitative estimate of drug-likeness (QED) is 0.613. The SMILES string of the molecule is ClCc1cc(SCCN2CCc3ccccc3C2)ccn1. The number of benzene rings is 1. The molecule has 1 aromatic carbocycles. The molecule has 1 aromatic heterocycles. The lowest BCUT2D eigenvalue weighted by Gasteiger charge is -2.28. The van der Waals surface area contributed by atoms with Crippen molar-refractivity contribution in [2.75, 3.05) is 18.8 Å². The van der Waals surface area contributed by atoms with E-state index in [0.29, 0.717) is 5.88 Å². The van der Waals surface area contributed by atoms with Crippen LogP contribution in [0.4, 0.5) is 0 Å². The Morgan fingerprint density at radius 1 is 1.19 bits per heavy atom. The minimum absolute atomic E-state index is 0.483. The maximum Gasteiger partial charge on any atom is 0.0647 e. The predicted molar refractivity (Wildman–Crippen MR) is 89.9 cm³/mol. The van der Waals surface area contributed by atoms with Gasteiger partial charge in [-0.3, -0.25) is 9.88 Å². The molecule has 2 aromatic rings. The summed E-state index contributed by atoms with van der Waals surface area (Å²) in [6.07, 6.45) is 3.02. The predicted octanol–water partition coefficient (Wildman–Crippen LogP) is 3.97. The lowest BCUT2D eigenvalue weighted by Crippen LogP contribution is -2.32. The number of aromatic nitrogens is 1. The van der Waals surface area contributed by atoms with Crippen LogP contribution in [0.15, 0.2) is 47.5 Å². The number of thioether (sulfide) groups is 1. The molecule has 110 valence electrons. The van der Waals surface area contributed by atoms with Gasteiger partial charge in [-0.25, -0.2) is 0 Å². The van der Waals surface area contributed by atoms with Crippen molar-refractivity contribution in [2.45, 2.75) is 23.7 Å². The standard InChI is InChI=1S/C17H19ClN2S/c18-12-16-11-17(5-7-19-16)21-10-9-20-8-6-14-3-1-2-4-15(14)13-20/h1-5,7,11H,6,8-10,12-13H2. The van der Waals surface area contributed by atoms with Crippen molar-refractivity contribution >= 4 is 23.4 Å². The molecular weight excluding hydrogens is 300 g/mol. The summed E-state index contributed by atoms with van der Waals surface area (Å²) < 4.78 is 0. The van der Waals surface area contributed by atoms with Gasteiger partial charge in [0.1, 0.15) is 0 Å². The van der Waals surface area contributed by atoms with Crippen LogP contribution >= 0.6 is 23.4 Å². The molecule has 1 aliphatic heterocycles. The van der Waals surface area contributed by atoms with Gasteiger partial charge >= 0.3 is 0 Å². The zero-order valence-electron chi connectivity index (χ0n) is 12.0. The third-order valence-corrected chi connectivity index (χ3v) is 5.06. The molecule has 0 fully saturated rings. The van der Waals surface area contributed by atoms with Crippen molar-refractivity contribution in [3.8, 4) is 0 Å². The van der Waals surface area contributed by atoms with E-state index in [1.54, 1.807) is 0 Å². The van der Waals surface area contributed by atoms with Crippen LogP contribution in [0.25, 0.3) is 0 Å². The summed E-state index contributed by atoms with van der Waals surface area (Å²) in [5, 5.41) is 0. The largest absolute Gasteiger partial charge is 0.298 e. The zero-order chi connectivity index (χ0) is 14.5. The van der Waals surface area contributed by atoms with Crippen LogP contribution in [0.2, 0.25) is 0 Å². The van der Waals surface area contributed by atoms with Gasteiger partial charge in [0.15, 0.2) is 0 Å². The molecule has 0 radical (unpaired) electrons. The molecule has 0 saturated heterocycles. The Morgan fingerprint density at radius 3 is 2.90 bits per heavy atom. The number of rotatable bonds is 5. The molecule has 0 saturated carbocycles. The van der Waals surface area contributed by atoms with Crippen LogP contribution in [0, 0.1) is 0 Å². The van der Waals surface area contributed by atoms with Gasteiger partial charge < -0.3 is 0 Å². The Morgan fingerprint density at radius 2 is 2.05 bits per heavy atom. The fourth-order valence-electron chi connectivity index (χ4n) is 2.66. The molecule has 21 heavy (non-hydrogen) atoms. The summed E-state index contributed by atoms with van der Waals surface area (Å²) in [4.78, 5) is 8.03. The van der Waals surface area contributed by atoms with E-state index in [1.165, 1.54) is 29.0 Å². The molecule has 2 nitrogen and oxygen atoms in total. The van der Waals surface area contributed by atoms with Crippen molar-refractivity contribution in [1.29, 1.82) is 0 Å². The first-order valence-corrected chi connectivity index (χ1v) is 8.80. The molecule has 0 amide bonds. The summed E-state index contributed by atoms with van der Waals surface area (Å²) in [6.45, 7) is 3.37. The van der Waals surface area contributed by atoms with Crippen molar-refractivity contribution in [2.24, 2.45) is 0 Å². The first kappa shape index (κ1) is 14.9. The summed E-state index contributed by atoms with van der Waals surface area (Å²) in [5.41, 5.74) is 3.96. The fraction of sp³-hybridized carbons (Fsp3) is 0.353. The van der Waals surface area contributed by atoms with Crippen molar-refractivity contribution in [3.05, 3.63) is 59.4 Å². The van der Waals surface area contributed by atoms with Gasteiger partial charge in [0.25, 0.3) is 0 Å². The molecule has 0 N–H and O–H groups in total. The Hall–Kier alpha value is -1.03. The van der Waals surface area contributed by atoms with E-state index in [1.807, 2.05) is 18.0 Å². The number of hydrogen-bond donors (Lipinski definition) is 0. The highest BCUT2D eigenvalue weighted by Gasteiger charge is 2.14. The second-order valence-electron chi connectivity index (χ2n) is 5.26.